The third-order valence-corrected chi connectivity index (χ3v) is 1.67. The molecule has 0 bridgehead atoms. The van der Waals surface area contributed by atoms with Crippen molar-refractivity contribution in [1.82, 2.24) is 5.01 Å². The quantitative estimate of drug-likeness (QED) is 0.601. The summed E-state index contributed by atoms with van der Waals surface area (Å²) in [6, 6.07) is 7.49. The first kappa shape index (κ1) is 11.2. The zero-order chi connectivity index (χ0) is 11.3. The lowest BCUT2D eigenvalue weighted by molar-refractivity contribution is -0.114. The molecule has 0 spiro atoms. The number of hydrazone groups is 1. The SMILES string of the molecule is CC(=O)Nc1ccc(C=NN(C)C)cc1. The fourth-order valence-corrected chi connectivity index (χ4v) is 1.04. The molecule has 1 aromatic rings. The van der Waals surface area contributed by atoms with Gasteiger partial charge in [0.2, 0.25) is 5.91 Å². The Morgan fingerprint density at radius 3 is 2.40 bits per heavy atom. The molecule has 4 nitrogen and oxygen atoms in total. The van der Waals surface area contributed by atoms with Crippen LogP contribution in [0.25, 0.3) is 0 Å². The lowest BCUT2D eigenvalue weighted by atomic mass is 10.2. The first-order chi connectivity index (χ1) is 7.08. The summed E-state index contributed by atoms with van der Waals surface area (Å²) in [6.45, 7) is 1.49. The van der Waals surface area contributed by atoms with Crippen molar-refractivity contribution in [2.75, 3.05) is 19.4 Å². The first-order valence-electron chi connectivity index (χ1n) is 4.67. The standard InChI is InChI=1S/C11H15N3O/c1-9(15)13-11-6-4-10(5-7-11)8-12-14(2)3/h4-8H,1-3H3,(H,13,15). The molecule has 0 saturated heterocycles. The zero-order valence-electron chi connectivity index (χ0n) is 9.19. The largest absolute Gasteiger partial charge is 0.326 e. The van der Waals surface area contributed by atoms with Crippen LogP contribution in [0, 0.1) is 0 Å². The monoisotopic (exact) mass is 205 g/mol. The van der Waals surface area contributed by atoms with Gasteiger partial charge in [-0.05, 0) is 17.7 Å². The summed E-state index contributed by atoms with van der Waals surface area (Å²) in [5.41, 5.74) is 1.79. The van der Waals surface area contributed by atoms with Crippen LogP contribution in [0.5, 0.6) is 0 Å². The van der Waals surface area contributed by atoms with Crippen LogP contribution in [-0.4, -0.2) is 31.2 Å². The second-order valence-electron chi connectivity index (χ2n) is 3.39. The third-order valence-electron chi connectivity index (χ3n) is 1.67. The molecule has 4 heteroatoms. The second-order valence-corrected chi connectivity index (χ2v) is 3.39. The lowest BCUT2D eigenvalue weighted by Gasteiger charge is -2.03. The van der Waals surface area contributed by atoms with E-state index in [2.05, 4.69) is 10.4 Å². The van der Waals surface area contributed by atoms with Gasteiger partial charge in [-0.1, -0.05) is 12.1 Å². The van der Waals surface area contributed by atoms with E-state index >= 15 is 0 Å². The molecule has 0 aliphatic rings. The maximum Gasteiger partial charge on any atom is 0.221 e. The van der Waals surface area contributed by atoms with Crippen molar-refractivity contribution in [3.63, 3.8) is 0 Å². The van der Waals surface area contributed by atoms with E-state index in [1.165, 1.54) is 6.92 Å². The van der Waals surface area contributed by atoms with Gasteiger partial charge in [0, 0.05) is 26.7 Å². The predicted octanol–water partition coefficient (Wildman–Crippen LogP) is 1.54. The normalized spacial score (nSPS) is 10.3. The van der Waals surface area contributed by atoms with Crippen LogP contribution in [0.3, 0.4) is 0 Å². The summed E-state index contributed by atoms with van der Waals surface area (Å²) in [5, 5.41) is 8.53. The van der Waals surface area contributed by atoms with E-state index in [0.717, 1.165) is 11.3 Å². The third kappa shape index (κ3) is 4.26. The van der Waals surface area contributed by atoms with Crippen molar-refractivity contribution in [2.45, 2.75) is 6.92 Å². The summed E-state index contributed by atoms with van der Waals surface area (Å²) in [5.74, 6) is -0.0651. The Bertz CT molecular complexity index is 355. The van der Waals surface area contributed by atoms with Crippen molar-refractivity contribution in [3.05, 3.63) is 29.8 Å². The van der Waals surface area contributed by atoms with Crippen LogP contribution in [0.1, 0.15) is 12.5 Å². The Labute approximate surface area is 89.6 Å². The maximum atomic E-state index is 10.8. The van der Waals surface area contributed by atoms with Crippen LogP contribution in [0.2, 0.25) is 0 Å². The Hall–Kier alpha value is -1.84. The minimum absolute atomic E-state index is 0.0651. The summed E-state index contributed by atoms with van der Waals surface area (Å²) in [7, 11) is 3.73. The molecule has 1 aromatic carbocycles. The number of nitrogens with one attached hydrogen (secondary N) is 1. The first-order valence-corrected chi connectivity index (χ1v) is 4.67. The summed E-state index contributed by atoms with van der Waals surface area (Å²) < 4.78 is 0. The molecule has 0 radical (unpaired) electrons. The molecule has 1 rings (SSSR count). The van der Waals surface area contributed by atoms with E-state index in [1.54, 1.807) is 11.2 Å². The molecular formula is C11H15N3O. The molecule has 0 saturated carbocycles. The van der Waals surface area contributed by atoms with Crippen molar-refractivity contribution < 1.29 is 4.79 Å². The van der Waals surface area contributed by atoms with Crippen molar-refractivity contribution >= 4 is 17.8 Å². The molecule has 1 N–H and O–H groups in total. The number of carbonyl (C=O) groups is 1. The number of benzene rings is 1. The van der Waals surface area contributed by atoms with Crippen LogP contribution in [0.4, 0.5) is 5.69 Å². The fourth-order valence-electron chi connectivity index (χ4n) is 1.04. The van der Waals surface area contributed by atoms with E-state index in [-0.39, 0.29) is 5.91 Å². The predicted molar refractivity (Wildman–Crippen MR) is 62.0 cm³/mol. The van der Waals surface area contributed by atoms with E-state index < -0.39 is 0 Å². The van der Waals surface area contributed by atoms with Gasteiger partial charge in [-0.15, -0.1) is 0 Å². The molecule has 1 amide bonds. The average molecular weight is 205 g/mol. The van der Waals surface area contributed by atoms with Gasteiger partial charge in [0.1, 0.15) is 0 Å². The maximum absolute atomic E-state index is 10.8. The van der Waals surface area contributed by atoms with E-state index in [4.69, 9.17) is 0 Å². The number of rotatable bonds is 3. The highest BCUT2D eigenvalue weighted by Gasteiger charge is 1.94. The van der Waals surface area contributed by atoms with Gasteiger partial charge < -0.3 is 10.3 Å². The Balaban J connectivity index is 2.68. The molecule has 0 heterocycles. The average Bonchev–Trinajstić information content (AvgIpc) is 2.16. The molecule has 80 valence electrons. The van der Waals surface area contributed by atoms with Crippen LogP contribution < -0.4 is 5.32 Å². The van der Waals surface area contributed by atoms with Gasteiger partial charge in [-0.3, -0.25) is 4.79 Å². The van der Waals surface area contributed by atoms with Crippen LogP contribution in [-0.2, 0) is 4.79 Å². The number of anilines is 1. The van der Waals surface area contributed by atoms with Crippen LogP contribution >= 0.6 is 0 Å². The summed E-state index contributed by atoms with van der Waals surface area (Å²) in [4.78, 5) is 10.8. The van der Waals surface area contributed by atoms with Gasteiger partial charge in [-0.25, -0.2) is 0 Å². The number of amides is 1. The van der Waals surface area contributed by atoms with E-state index in [0.29, 0.717) is 0 Å². The van der Waals surface area contributed by atoms with Gasteiger partial charge in [0.25, 0.3) is 0 Å². The van der Waals surface area contributed by atoms with Crippen molar-refractivity contribution in [1.29, 1.82) is 0 Å². The minimum atomic E-state index is -0.0651. The van der Waals surface area contributed by atoms with Gasteiger partial charge >= 0.3 is 0 Å². The minimum Gasteiger partial charge on any atom is -0.326 e. The number of hydrogen-bond donors (Lipinski definition) is 1. The molecule has 15 heavy (non-hydrogen) atoms. The molecular weight excluding hydrogens is 190 g/mol. The Kier molecular flexibility index (Phi) is 3.85. The zero-order valence-corrected chi connectivity index (χ0v) is 9.19. The van der Waals surface area contributed by atoms with Gasteiger partial charge in [0.05, 0.1) is 6.21 Å². The highest BCUT2D eigenvalue weighted by molar-refractivity contribution is 5.89. The smallest absolute Gasteiger partial charge is 0.221 e. The van der Waals surface area contributed by atoms with E-state index in [1.807, 2.05) is 38.4 Å². The van der Waals surface area contributed by atoms with Crippen molar-refractivity contribution in [2.24, 2.45) is 5.10 Å². The molecule has 0 unspecified atom stereocenters. The number of carbonyl (C=O) groups excluding carboxylic acids is 1. The second kappa shape index (κ2) is 5.14. The number of nitrogens with zero attached hydrogens (tertiary/aromatic N) is 2. The molecule has 0 fully saturated rings. The highest BCUT2D eigenvalue weighted by atomic mass is 16.1. The molecule has 0 aromatic heterocycles. The van der Waals surface area contributed by atoms with Gasteiger partial charge in [-0.2, -0.15) is 5.10 Å². The van der Waals surface area contributed by atoms with Crippen molar-refractivity contribution in [3.8, 4) is 0 Å². The van der Waals surface area contributed by atoms with E-state index in [9.17, 15) is 4.79 Å². The summed E-state index contributed by atoms with van der Waals surface area (Å²) >= 11 is 0. The molecule has 0 aliphatic heterocycles. The summed E-state index contributed by atoms with van der Waals surface area (Å²) in [6.07, 6.45) is 1.76. The fraction of sp³-hybridized carbons (Fsp3) is 0.273. The highest BCUT2D eigenvalue weighted by Crippen LogP contribution is 2.07. The van der Waals surface area contributed by atoms with Crippen LogP contribution in [0.15, 0.2) is 29.4 Å². The topological polar surface area (TPSA) is 44.7 Å². The Morgan fingerprint density at radius 1 is 1.33 bits per heavy atom. The Morgan fingerprint density at radius 2 is 1.93 bits per heavy atom. The number of hydrogen-bond acceptors (Lipinski definition) is 3. The van der Waals surface area contributed by atoms with Gasteiger partial charge in [0.15, 0.2) is 0 Å². The lowest BCUT2D eigenvalue weighted by Crippen LogP contribution is -2.05. The molecule has 0 atom stereocenters. The molecule has 0 aliphatic carbocycles.